The Hall–Kier alpha value is -1.88. The van der Waals surface area contributed by atoms with Crippen molar-refractivity contribution in [3.8, 4) is 0 Å². The molecule has 0 unspecified atom stereocenters. The number of hydrogen-bond donors (Lipinski definition) is 2. The fourth-order valence-corrected chi connectivity index (χ4v) is 3.94. The first-order chi connectivity index (χ1) is 11.7. The van der Waals surface area contributed by atoms with Gasteiger partial charge in [-0.05, 0) is 18.4 Å². The Morgan fingerprint density at radius 2 is 1.79 bits per heavy atom. The zero-order chi connectivity index (χ0) is 16.9. The van der Waals surface area contributed by atoms with Crippen LogP contribution in [0.3, 0.4) is 0 Å². The van der Waals surface area contributed by atoms with E-state index >= 15 is 0 Å². The third-order valence-corrected chi connectivity index (χ3v) is 5.28. The normalized spacial score (nSPS) is 24.9. The van der Waals surface area contributed by atoms with Gasteiger partial charge in [0, 0.05) is 32.6 Å². The molecule has 0 bridgehead atoms. The summed E-state index contributed by atoms with van der Waals surface area (Å²) in [4.78, 5) is 27.0. The molecule has 24 heavy (non-hydrogen) atoms. The van der Waals surface area contributed by atoms with Crippen LogP contribution in [0.25, 0.3) is 0 Å². The predicted molar refractivity (Wildman–Crippen MR) is 93.2 cm³/mol. The van der Waals surface area contributed by atoms with Gasteiger partial charge >= 0.3 is 0 Å². The van der Waals surface area contributed by atoms with E-state index in [0.29, 0.717) is 6.54 Å². The van der Waals surface area contributed by atoms with Crippen LogP contribution in [-0.2, 0) is 16.1 Å². The van der Waals surface area contributed by atoms with E-state index < -0.39 is 0 Å². The lowest BCUT2D eigenvalue weighted by molar-refractivity contribution is -0.127. The Morgan fingerprint density at radius 1 is 1.08 bits per heavy atom. The van der Waals surface area contributed by atoms with Gasteiger partial charge < -0.3 is 10.6 Å². The van der Waals surface area contributed by atoms with Crippen molar-refractivity contribution in [1.29, 1.82) is 0 Å². The summed E-state index contributed by atoms with van der Waals surface area (Å²) in [6.45, 7) is 2.22. The lowest BCUT2D eigenvalue weighted by Gasteiger charge is -2.20. The summed E-state index contributed by atoms with van der Waals surface area (Å²) in [6, 6.07) is 10.2. The summed E-state index contributed by atoms with van der Waals surface area (Å²) in [7, 11) is 1.66. The van der Waals surface area contributed by atoms with E-state index in [1.165, 1.54) is 5.56 Å². The second kappa shape index (κ2) is 7.79. The van der Waals surface area contributed by atoms with Gasteiger partial charge in [0.25, 0.3) is 0 Å². The number of carbonyl (C=O) groups excluding carboxylic acids is 2. The molecule has 2 aliphatic rings. The molecule has 1 aromatic carbocycles. The van der Waals surface area contributed by atoms with Crippen molar-refractivity contribution in [2.45, 2.75) is 38.3 Å². The van der Waals surface area contributed by atoms with Crippen LogP contribution < -0.4 is 10.6 Å². The van der Waals surface area contributed by atoms with Gasteiger partial charge in [0.05, 0.1) is 12.0 Å². The summed E-state index contributed by atoms with van der Waals surface area (Å²) in [5.74, 6) is 0.109. The van der Waals surface area contributed by atoms with Crippen molar-refractivity contribution in [2.75, 3.05) is 20.1 Å². The zero-order valence-electron chi connectivity index (χ0n) is 14.3. The van der Waals surface area contributed by atoms with Crippen molar-refractivity contribution in [1.82, 2.24) is 15.5 Å². The number of benzene rings is 1. The lowest BCUT2D eigenvalue weighted by Crippen LogP contribution is -2.47. The second-order valence-corrected chi connectivity index (χ2v) is 7.00. The highest BCUT2D eigenvalue weighted by Crippen LogP contribution is 2.26. The number of carbonyl (C=O) groups is 2. The smallest absolute Gasteiger partial charge is 0.226 e. The molecule has 0 aromatic heterocycles. The van der Waals surface area contributed by atoms with Crippen molar-refractivity contribution in [3.05, 3.63) is 35.9 Å². The largest absolute Gasteiger partial charge is 0.359 e. The Kier molecular flexibility index (Phi) is 5.51. The molecule has 130 valence electrons. The summed E-state index contributed by atoms with van der Waals surface area (Å²) in [5.41, 5.74) is 1.23. The van der Waals surface area contributed by atoms with Gasteiger partial charge in [-0.25, -0.2) is 0 Å². The highest BCUT2D eigenvalue weighted by molar-refractivity contribution is 5.83. The molecule has 5 heteroatoms. The fourth-order valence-electron chi connectivity index (χ4n) is 3.94. The maximum Gasteiger partial charge on any atom is 0.226 e. The average Bonchev–Trinajstić information content (AvgIpc) is 3.25. The first kappa shape index (κ1) is 17.0. The van der Waals surface area contributed by atoms with E-state index in [1.807, 2.05) is 18.2 Å². The highest BCUT2D eigenvalue weighted by atomic mass is 16.2. The summed E-state index contributed by atoms with van der Waals surface area (Å²) < 4.78 is 0. The van der Waals surface area contributed by atoms with Crippen molar-refractivity contribution in [3.63, 3.8) is 0 Å². The average molecular weight is 329 g/mol. The molecule has 1 heterocycles. The zero-order valence-corrected chi connectivity index (χ0v) is 14.3. The van der Waals surface area contributed by atoms with Crippen LogP contribution in [0.15, 0.2) is 30.3 Å². The predicted octanol–water partition coefficient (Wildman–Crippen LogP) is 1.54. The molecule has 2 atom stereocenters. The molecular formula is C19H27N3O2. The van der Waals surface area contributed by atoms with E-state index in [2.05, 4.69) is 27.7 Å². The van der Waals surface area contributed by atoms with Gasteiger partial charge in [-0.3, -0.25) is 14.5 Å². The van der Waals surface area contributed by atoms with Crippen molar-refractivity contribution < 1.29 is 9.59 Å². The number of nitrogens with zero attached hydrogens (tertiary/aromatic N) is 1. The van der Waals surface area contributed by atoms with Crippen LogP contribution in [0, 0.1) is 11.8 Å². The monoisotopic (exact) mass is 329 g/mol. The van der Waals surface area contributed by atoms with E-state index in [1.54, 1.807) is 7.05 Å². The van der Waals surface area contributed by atoms with E-state index in [4.69, 9.17) is 0 Å². The molecule has 0 radical (unpaired) electrons. The molecule has 3 rings (SSSR count). The second-order valence-electron chi connectivity index (χ2n) is 7.00. The Bertz CT molecular complexity index is 569. The topological polar surface area (TPSA) is 61.4 Å². The van der Waals surface area contributed by atoms with Crippen LogP contribution in [0.1, 0.15) is 31.2 Å². The standard InChI is InChI=1S/C19H27N3O2/c1-20-19(24)16-12-22(11-14-7-3-2-4-8-14)13-17(16)21-18(23)15-9-5-6-10-15/h2-4,7-8,15-17H,5-6,9-13H2,1H3,(H,20,24)(H,21,23)/t16-,17-/m0/s1. The first-order valence-electron chi connectivity index (χ1n) is 8.95. The summed E-state index contributed by atoms with van der Waals surface area (Å²) in [5, 5.41) is 5.91. The first-order valence-corrected chi connectivity index (χ1v) is 8.95. The van der Waals surface area contributed by atoms with Crippen LogP contribution in [-0.4, -0.2) is 42.9 Å². The quantitative estimate of drug-likeness (QED) is 0.861. The number of likely N-dealkylation sites (tertiary alicyclic amines) is 1. The van der Waals surface area contributed by atoms with Gasteiger partial charge in [0.1, 0.15) is 0 Å². The molecule has 1 aromatic rings. The minimum absolute atomic E-state index is 0.0160. The fraction of sp³-hybridized carbons (Fsp3) is 0.579. The maximum atomic E-state index is 12.5. The molecule has 1 aliphatic heterocycles. The van der Waals surface area contributed by atoms with Gasteiger partial charge in [0.15, 0.2) is 0 Å². The molecule has 1 saturated carbocycles. The van der Waals surface area contributed by atoms with Crippen molar-refractivity contribution in [2.24, 2.45) is 11.8 Å². The van der Waals surface area contributed by atoms with E-state index in [0.717, 1.165) is 38.8 Å². The number of amides is 2. The van der Waals surface area contributed by atoms with Crippen LogP contribution in [0.5, 0.6) is 0 Å². The van der Waals surface area contributed by atoms with E-state index in [-0.39, 0.29) is 29.7 Å². The van der Waals surface area contributed by atoms with Gasteiger partial charge in [0.2, 0.25) is 11.8 Å². The summed E-state index contributed by atoms with van der Waals surface area (Å²) in [6.07, 6.45) is 4.25. The Labute approximate surface area is 143 Å². The van der Waals surface area contributed by atoms with Crippen molar-refractivity contribution >= 4 is 11.8 Å². The van der Waals surface area contributed by atoms with Gasteiger partial charge in [-0.2, -0.15) is 0 Å². The maximum absolute atomic E-state index is 12.5. The van der Waals surface area contributed by atoms with Crippen LogP contribution in [0.4, 0.5) is 0 Å². The Morgan fingerprint density at radius 3 is 2.46 bits per heavy atom. The molecule has 2 N–H and O–H groups in total. The molecule has 2 fully saturated rings. The molecule has 1 saturated heterocycles. The lowest BCUT2D eigenvalue weighted by atomic mass is 10.0. The van der Waals surface area contributed by atoms with E-state index in [9.17, 15) is 9.59 Å². The number of hydrogen-bond acceptors (Lipinski definition) is 3. The minimum Gasteiger partial charge on any atom is -0.359 e. The van der Waals surface area contributed by atoms with Crippen LogP contribution in [0.2, 0.25) is 0 Å². The molecule has 5 nitrogen and oxygen atoms in total. The molecule has 1 aliphatic carbocycles. The number of nitrogens with one attached hydrogen (secondary N) is 2. The Balaban J connectivity index is 1.64. The number of rotatable bonds is 5. The third-order valence-electron chi connectivity index (χ3n) is 5.28. The summed E-state index contributed by atoms with van der Waals surface area (Å²) >= 11 is 0. The highest BCUT2D eigenvalue weighted by Gasteiger charge is 2.39. The minimum atomic E-state index is -0.177. The molecule has 2 amide bonds. The van der Waals surface area contributed by atoms with Gasteiger partial charge in [-0.1, -0.05) is 43.2 Å². The molecule has 0 spiro atoms. The molecular weight excluding hydrogens is 302 g/mol. The van der Waals surface area contributed by atoms with Gasteiger partial charge in [-0.15, -0.1) is 0 Å². The van der Waals surface area contributed by atoms with Crippen LogP contribution >= 0.6 is 0 Å². The third kappa shape index (κ3) is 3.96. The SMILES string of the molecule is CNC(=O)[C@H]1CN(Cc2ccccc2)C[C@@H]1NC(=O)C1CCCC1.